The predicted molar refractivity (Wildman–Crippen MR) is 111 cm³/mol. The molecule has 2 aromatic rings. The molecule has 0 unspecified atom stereocenters. The number of carbonyl (C=O) groups excluding carboxylic acids is 2. The van der Waals surface area contributed by atoms with E-state index in [2.05, 4.69) is 11.9 Å². The van der Waals surface area contributed by atoms with Gasteiger partial charge in [-0.05, 0) is 74.2 Å². The Balaban J connectivity index is 1.75. The van der Waals surface area contributed by atoms with E-state index in [1.54, 1.807) is 0 Å². The molecule has 3 rings (SSSR count). The van der Waals surface area contributed by atoms with E-state index in [0.717, 1.165) is 35.4 Å². The molecule has 0 saturated carbocycles. The average molecular weight is 378 g/mol. The minimum atomic E-state index is -0.217. The molecule has 1 aliphatic rings. The molecule has 1 aliphatic heterocycles. The zero-order chi connectivity index (χ0) is 20.1. The van der Waals surface area contributed by atoms with Gasteiger partial charge in [-0.1, -0.05) is 18.7 Å². The summed E-state index contributed by atoms with van der Waals surface area (Å²) < 4.78 is 5.78. The summed E-state index contributed by atoms with van der Waals surface area (Å²) in [7, 11) is 0. The van der Waals surface area contributed by atoms with Gasteiger partial charge in [0.2, 0.25) is 5.91 Å². The maximum absolute atomic E-state index is 13.1. The molecule has 2 amide bonds. The van der Waals surface area contributed by atoms with E-state index in [-0.39, 0.29) is 17.9 Å². The lowest BCUT2D eigenvalue weighted by atomic mass is 10.00. The molecule has 5 nitrogen and oxygen atoms in total. The zero-order valence-corrected chi connectivity index (χ0v) is 16.4. The van der Waals surface area contributed by atoms with Crippen molar-refractivity contribution < 1.29 is 14.3 Å². The van der Waals surface area contributed by atoms with Crippen molar-refractivity contribution in [3.8, 4) is 5.75 Å². The fourth-order valence-electron chi connectivity index (χ4n) is 3.31. The predicted octanol–water partition coefficient (Wildman–Crippen LogP) is 3.87. The molecule has 146 valence electrons. The van der Waals surface area contributed by atoms with Crippen molar-refractivity contribution in [3.63, 3.8) is 0 Å². The first-order valence-corrected chi connectivity index (χ1v) is 9.58. The van der Waals surface area contributed by atoms with Crippen LogP contribution in [0.4, 0.5) is 5.69 Å². The van der Waals surface area contributed by atoms with Gasteiger partial charge in [-0.15, -0.1) is 0 Å². The highest BCUT2D eigenvalue weighted by Crippen LogP contribution is 2.32. The van der Waals surface area contributed by atoms with Crippen LogP contribution in [0.15, 0.2) is 55.1 Å². The number of amides is 2. The number of aryl methyl sites for hydroxylation is 1. The van der Waals surface area contributed by atoms with Gasteiger partial charge in [0.15, 0.2) is 0 Å². The standard InChI is InChI=1S/C23H26N2O3/c1-4-22(26)24-15-17-7-9-18(10-8-17)23(27)25-13-5-6-19-14-20(28-16(2)3)11-12-21(19)25/h4,7-12,14,16H,1,5-6,13,15H2,2-3H3,(H,24,26). The molecule has 2 aromatic carbocycles. The monoisotopic (exact) mass is 378 g/mol. The molecule has 0 spiro atoms. The number of benzene rings is 2. The van der Waals surface area contributed by atoms with E-state index in [4.69, 9.17) is 4.74 Å². The van der Waals surface area contributed by atoms with E-state index in [9.17, 15) is 9.59 Å². The van der Waals surface area contributed by atoms with Crippen molar-refractivity contribution in [2.75, 3.05) is 11.4 Å². The normalized spacial score (nSPS) is 13.0. The highest BCUT2D eigenvalue weighted by Gasteiger charge is 2.24. The third kappa shape index (κ3) is 4.60. The van der Waals surface area contributed by atoms with Crippen molar-refractivity contribution in [1.82, 2.24) is 5.32 Å². The minimum Gasteiger partial charge on any atom is -0.491 e. The number of rotatable bonds is 6. The van der Waals surface area contributed by atoms with Crippen LogP contribution in [0.3, 0.4) is 0 Å². The first-order chi connectivity index (χ1) is 13.5. The lowest BCUT2D eigenvalue weighted by Gasteiger charge is -2.30. The average Bonchev–Trinajstić information content (AvgIpc) is 2.70. The van der Waals surface area contributed by atoms with Crippen LogP contribution >= 0.6 is 0 Å². The topological polar surface area (TPSA) is 58.6 Å². The maximum Gasteiger partial charge on any atom is 0.258 e. The number of ether oxygens (including phenoxy) is 1. The Morgan fingerprint density at radius 1 is 1.21 bits per heavy atom. The summed E-state index contributed by atoms with van der Waals surface area (Å²) in [5.74, 6) is 0.611. The SMILES string of the molecule is C=CC(=O)NCc1ccc(C(=O)N2CCCc3cc(OC(C)C)ccc32)cc1. The van der Waals surface area contributed by atoms with Crippen LogP contribution in [0.1, 0.15) is 41.8 Å². The van der Waals surface area contributed by atoms with Crippen LogP contribution in [0.5, 0.6) is 5.75 Å². The van der Waals surface area contributed by atoms with Crippen molar-refractivity contribution in [3.05, 3.63) is 71.8 Å². The Bertz CT molecular complexity index is 872. The molecule has 0 saturated heterocycles. The molecule has 1 N–H and O–H groups in total. The number of hydrogen-bond acceptors (Lipinski definition) is 3. The Morgan fingerprint density at radius 3 is 2.64 bits per heavy atom. The van der Waals surface area contributed by atoms with Crippen LogP contribution in [0.25, 0.3) is 0 Å². The molecular weight excluding hydrogens is 352 g/mol. The summed E-state index contributed by atoms with van der Waals surface area (Å²) in [6, 6.07) is 13.3. The van der Waals surface area contributed by atoms with Gasteiger partial charge < -0.3 is 15.0 Å². The number of fused-ring (bicyclic) bond motifs is 1. The third-order valence-electron chi connectivity index (χ3n) is 4.64. The van der Waals surface area contributed by atoms with Crippen molar-refractivity contribution in [2.45, 2.75) is 39.3 Å². The Hall–Kier alpha value is -3.08. The summed E-state index contributed by atoms with van der Waals surface area (Å²) in [6.07, 6.45) is 3.23. The van der Waals surface area contributed by atoms with E-state index in [1.165, 1.54) is 6.08 Å². The molecule has 0 fully saturated rings. The fourth-order valence-corrected chi connectivity index (χ4v) is 3.31. The molecule has 28 heavy (non-hydrogen) atoms. The molecule has 1 heterocycles. The summed E-state index contributed by atoms with van der Waals surface area (Å²) in [4.78, 5) is 26.2. The molecule has 0 aromatic heterocycles. The van der Waals surface area contributed by atoms with Crippen LogP contribution < -0.4 is 15.0 Å². The molecule has 0 radical (unpaired) electrons. The second-order valence-electron chi connectivity index (χ2n) is 7.14. The largest absolute Gasteiger partial charge is 0.491 e. The second-order valence-corrected chi connectivity index (χ2v) is 7.14. The molecule has 0 aliphatic carbocycles. The molecule has 0 bridgehead atoms. The smallest absolute Gasteiger partial charge is 0.258 e. The van der Waals surface area contributed by atoms with Gasteiger partial charge in [-0.3, -0.25) is 9.59 Å². The minimum absolute atomic E-state index is 0.0137. The number of nitrogens with one attached hydrogen (secondary N) is 1. The summed E-state index contributed by atoms with van der Waals surface area (Å²) in [5.41, 5.74) is 3.66. The van der Waals surface area contributed by atoms with E-state index >= 15 is 0 Å². The third-order valence-corrected chi connectivity index (χ3v) is 4.64. The van der Waals surface area contributed by atoms with Gasteiger partial charge in [0, 0.05) is 24.3 Å². The van der Waals surface area contributed by atoms with Gasteiger partial charge in [0.25, 0.3) is 5.91 Å². The Labute approximate surface area is 166 Å². The maximum atomic E-state index is 13.1. The summed E-state index contributed by atoms with van der Waals surface area (Å²) in [6.45, 7) is 8.54. The van der Waals surface area contributed by atoms with E-state index < -0.39 is 0 Å². The van der Waals surface area contributed by atoms with Crippen molar-refractivity contribution >= 4 is 17.5 Å². The lowest BCUT2D eigenvalue weighted by molar-refractivity contribution is -0.116. The first kappa shape index (κ1) is 19.7. The van der Waals surface area contributed by atoms with Gasteiger partial charge in [-0.25, -0.2) is 0 Å². The van der Waals surface area contributed by atoms with Crippen molar-refractivity contribution in [2.24, 2.45) is 0 Å². The van der Waals surface area contributed by atoms with Gasteiger partial charge in [-0.2, -0.15) is 0 Å². The Kier molecular flexibility index (Phi) is 6.14. The lowest BCUT2D eigenvalue weighted by Crippen LogP contribution is -2.35. The highest BCUT2D eigenvalue weighted by molar-refractivity contribution is 6.06. The van der Waals surface area contributed by atoms with Gasteiger partial charge >= 0.3 is 0 Å². The molecule has 5 heteroatoms. The van der Waals surface area contributed by atoms with Gasteiger partial charge in [0.05, 0.1) is 6.10 Å². The first-order valence-electron chi connectivity index (χ1n) is 9.58. The van der Waals surface area contributed by atoms with Crippen LogP contribution in [-0.2, 0) is 17.8 Å². The fraction of sp³-hybridized carbons (Fsp3) is 0.304. The van der Waals surface area contributed by atoms with E-state index in [1.807, 2.05) is 61.2 Å². The summed E-state index contributed by atoms with van der Waals surface area (Å²) >= 11 is 0. The quantitative estimate of drug-likeness (QED) is 0.777. The summed E-state index contributed by atoms with van der Waals surface area (Å²) in [5, 5.41) is 2.73. The number of nitrogens with zero attached hydrogens (tertiary/aromatic N) is 1. The van der Waals surface area contributed by atoms with Crippen LogP contribution in [0, 0.1) is 0 Å². The molecule has 0 atom stereocenters. The van der Waals surface area contributed by atoms with Crippen LogP contribution in [-0.4, -0.2) is 24.5 Å². The number of hydrogen-bond donors (Lipinski definition) is 1. The molecular formula is C23H26N2O3. The Morgan fingerprint density at radius 2 is 1.96 bits per heavy atom. The highest BCUT2D eigenvalue weighted by atomic mass is 16.5. The van der Waals surface area contributed by atoms with Gasteiger partial charge in [0.1, 0.15) is 5.75 Å². The van der Waals surface area contributed by atoms with E-state index in [0.29, 0.717) is 18.7 Å². The number of anilines is 1. The second kappa shape index (κ2) is 8.74. The number of carbonyl (C=O) groups is 2. The zero-order valence-electron chi connectivity index (χ0n) is 16.4. The van der Waals surface area contributed by atoms with Crippen molar-refractivity contribution in [1.29, 1.82) is 0 Å². The van der Waals surface area contributed by atoms with Crippen LogP contribution in [0.2, 0.25) is 0 Å².